The van der Waals surface area contributed by atoms with E-state index < -0.39 is 5.97 Å². The molecule has 158 valence electrons. The van der Waals surface area contributed by atoms with Crippen LogP contribution in [0.5, 0.6) is 5.75 Å². The van der Waals surface area contributed by atoms with Crippen molar-refractivity contribution in [2.45, 2.75) is 51.5 Å². The minimum Gasteiger partial charge on any atom is -0.494 e. The van der Waals surface area contributed by atoms with Crippen LogP contribution in [-0.4, -0.2) is 47.5 Å². The molecular formula is C21H30N4O4. The summed E-state index contributed by atoms with van der Waals surface area (Å²) in [6.45, 7) is 1.41. The summed E-state index contributed by atoms with van der Waals surface area (Å²) >= 11 is 0. The van der Waals surface area contributed by atoms with Gasteiger partial charge in [0.05, 0.1) is 12.3 Å². The molecule has 29 heavy (non-hydrogen) atoms. The lowest BCUT2D eigenvalue weighted by atomic mass is 9.89. The van der Waals surface area contributed by atoms with Crippen molar-refractivity contribution in [2.75, 3.05) is 19.7 Å². The molecule has 0 radical (unpaired) electrons. The standard InChI is InChI=1S/C21H30N4O4/c22-21-24-18-9-8-17(11-16(18)13-25(21)14-20(27)28)29-10-4-7-19(26)23-12-15-5-2-1-3-6-15/h8-9,11,15H,1-7,10,12-14H2,(H2,22,24)(H,23,26)(H,27,28). The first-order chi connectivity index (χ1) is 14.0. The van der Waals surface area contributed by atoms with Crippen molar-refractivity contribution in [2.24, 2.45) is 16.6 Å². The molecule has 1 aromatic carbocycles. The van der Waals surface area contributed by atoms with E-state index in [0.29, 0.717) is 37.7 Å². The maximum absolute atomic E-state index is 12.0. The minimum atomic E-state index is -0.958. The zero-order valence-corrected chi connectivity index (χ0v) is 16.7. The highest BCUT2D eigenvalue weighted by Crippen LogP contribution is 2.29. The quantitative estimate of drug-likeness (QED) is 0.546. The highest BCUT2D eigenvalue weighted by molar-refractivity contribution is 5.86. The number of nitrogens with zero attached hydrogens (tertiary/aromatic N) is 2. The number of hydrogen-bond acceptors (Lipinski definition) is 6. The van der Waals surface area contributed by atoms with Crippen LogP contribution in [0.3, 0.4) is 0 Å². The number of aliphatic carboxylic acids is 1. The van der Waals surface area contributed by atoms with Gasteiger partial charge in [-0.1, -0.05) is 19.3 Å². The number of hydrogen-bond donors (Lipinski definition) is 3. The molecular weight excluding hydrogens is 372 g/mol. The Morgan fingerprint density at radius 1 is 1.28 bits per heavy atom. The molecule has 0 spiro atoms. The molecule has 0 atom stereocenters. The van der Waals surface area contributed by atoms with Crippen molar-refractivity contribution < 1.29 is 19.4 Å². The fraction of sp³-hybridized carbons (Fsp3) is 0.571. The van der Waals surface area contributed by atoms with Crippen LogP contribution in [0.25, 0.3) is 0 Å². The van der Waals surface area contributed by atoms with Gasteiger partial charge in [-0.3, -0.25) is 9.59 Å². The third-order valence-corrected chi connectivity index (χ3v) is 5.43. The number of benzene rings is 1. The van der Waals surface area contributed by atoms with Crippen LogP contribution in [0.15, 0.2) is 23.2 Å². The maximum atomic E-state index is 12.0. The number of nitrogens with two attached hydrogens (primary N) is 1. The summed E-state index contributed by atoms with van der Waals surface area (Å²) in [5.41, 5.74) is 7.41. The molecule has 0 bridgehead atoms. The zero-order valence-electron chi connectivity index (χ0n) is 16.7. The molecule has 3 rings (SSSR count). The van der Waals surface area contributed by atoms with Gasteiger partial charge in [-0.05, 0) is 43.4 Å². The summed E-state index contributed by atoms with van der Waals surface area (Å²) in [6.07, 6.45) is 7.42. The summed E-state index contributed by atoms with van der Waals surface area (Å²) in [7, 11) is 0. The van der Waals surface area contributed by atoms with E-state index in [-0.39, 0.29) is 18.4 Å². The van der Waals surface area contributed by atoms with E-state index >= 15 is 0 Å². The fourth-order valence-electron chi connectivity index (χ4n) is 3.83. The SMILES string of the molecule is NC1=Nc2ccc(OCCCC(=O)NCC3CCCCC3)cc2CN1CC(=O)O. The van der Waals surface area contributed by atoms with E-state index in [1.807, 2.05) is 18.2 Å². The van der Waals surface area contributed by atoms with Crippen molar-refractivity contribution in [3.05, 3.63) is 23.8 Å². The molecule has 1 aliphatic heterocycles. The van der Waals surface area contributed by atoms with Crippen molar-refractivity contribution >= 4 is 23.5 Å². The van der Waals surface area contributed by atoms with E-state index in [0.717, 1.165) is 17.8 Å². The van der Waals surface area contributed by atoms with Crippen LogP contribution in [0, 0.1) is 5.92 Å². The molecule has 0 aromatic heterocycles. The van der Waals surface area contributed by atoms with Crippen LogP contribution in [-0.2, 0) is 16.1 Å². The van der Waals surface area contributed by atoms with E-state index in [1.165, 1.54) is 37.0 Å². The van der Waals surface area contributed by atoms with Crippen molar-refractivity contribution in [3.63, 3.8) is 0 Å². The number of guanidine groups is 1. The monoisotopic (exact) mass is 402 g/mol. The number of aliphatic imine (C=N–C) groups is 1. The first kappa shape index (κ1) is 21.0. The lowest BCUT2D eigenvalue weighted by Crippen LogP contribution is -2.41. The van der Waals surface area contributed by atoms with Crippen LogP contribution in [0.4, 0.5) is 5.69 Å². The number of rotatable bonds is 9. The Hall–Kier alpha value is -2.77. The van der Waals surface area contributed by atoms with Crippen LogP contribution >= 0.6 is 0 Å². The minimum absolute atomic E-state index is 0.0822. The number of carboxylic acids is 1. The Bertz CT molecular complexity index is 759. The fourth-order valence-corrected chi connectivity index (χ4v) is 3.83. The predicted molar refractivity (Wildman–Crippen MR) is 110 cm³/mol. The molecule has 1 aromatic rings. The molecule has 8 heteroatoms. The second kappa shape index (κ2) is 10.1. The van der Waals surface area contributed by atoms with Gasteiger partial charge in [-0.2, -0.15) is 0 Å². The van der Waals surface area contributed by atoms with Crippen molar-refractivity contribution in [1.29, 1.82) is 0 Å². The average molecular weight is 402 g/mol. The molecule has 1 fully saturated rings. The highest BCUT2D eigenvalue weighted by atomic mass is 16.5. The lowest BCUT2D eigenvalue weighted by molar-refractivity contribution is -0.137. The molecule has 0 unspecified atom stereocenters. The summed E-state index contributed by atoms with van der Waals surface area (Å²) < 4.78 is 5.77. The predicted octanol–water partition coefficient (Wildman–Crippen LogP) is 2.39. The Balaban J connectivity index is 1.40. The van der Waals surface area contributed by atoms with E-state index in [9.17, 15) is 9.59 Å². The van der Waals surface area contributed by atoms with Crippen molar-refractivity contribution in [3.8, 4) is 5.75 Å². The second-order valence-corrected chi connectivity index (χ2v) is 7.77. The number of carbonyl (C=O) groups excluding carboxylic acids is 1. The van der Waals surface area contributed by atoms with Crippen molar-refractivity contribution in [1.82, 2.24) is 10.2 Å². The van der Waals surface area contributed by atoms with E-state index in [2.05, 4.69) is 10.3 Å². The van der Waals surface area contributed by atoms with Gasteiger partial charge in [-0.15, -0.1) is 0 Å². The van der Waals surface area contributed by atoms with Gasteiger partial charge >= 0.3 is 5.97 Å². The van der Waals surface area contributed by atoms with Gasteiger partial charge in [0, 0.05) is 25.1 Å². The number of fused-ring (bicyclic) bond motifs is 1. The molecule has 1 aliphatic carbocycles. The Labute approximate surface area is 171 Å². The summed E-state index contributed by atoms with van der Waals surface area (Å²) in [5, 5.41) is 12.0. The summed E-state index contributed by atoms with van der Waals surface area (Å²) in [6, 6.07) is 5.47. The molecule has 0 saturated heterocycles. The first-order valence-corrected chi connectivity index (χ1v) is 10.3. The van der Waals surface area contributed by atoms with Gasteiger partial charge in [0.1, 0.15) is 12.3 Å². The number of ether oxygens (including phenoxy) is 1. The number of carbonyl (C=O) groups is 2. The van der Waals surface area contributed by atoms with Gasteiger partial charge in [0.25, 0.3) is 0 Å². The normalized spacial score (nSPS) is 16.7. The first-order valence-electron chi connectivity index (χ1n) is 10.3. The molecule has 8 nitrogen and oxygen atoms in total. The average Bonchev–Trinajstić information content (AvgIpc) is 2.71. The van der Waals surface area contributed by atoms with Gasteiger partial charge in [-0.25, -0.2) is 4.99 Å². The maximum Gasteiger partial charge on any atom is 0.323 e. The Morgan fingerprint density at radius 2 is 2.07 bits per heavy atom. The molecule has 1 heterocycles. The number of nitrogens with one attached hydrogen (secondary N) is 1. The zero-order chi connectivity index (χ0) is 20.6. The third-order valence-electron chi connectivity index (χ3n) is 5.43. The number of carboxylic acid groups (broad SMARTS) is 1. The summed E-state index contributed by atoms with van der Waals surface area (Å²) in [4.78, 5) is 28.7. The number of amides is 1. The Kier molecular flexibility index (Phi) is 7.32. The van der Waals surface area contributed by atoms with E-state index in [4.69, 9.17) is 15.6 Å². The summed E-state index contributed by atoms with van der Waals surface area (Å²) in [5.74, 6) is 0.640. The largest absolute Gasteiger partial charge is 0.494 e. The topological polar surface area (TPSA) is 117 Å². The highest BCUT2D eigenvalue weighted by Gasteiger charge is 2.20. The smallest absolute Gasteiger partial charge is 0.323 e. The molecule has 1 saturated carbocycles. The van der Waals surface area contributed by atoms with Gasteiger partial charge in [0.15, 0.2) is 5.96 Å². The van der Waals surface area contributed by atoms with Gasteiger partial charge in [0.2, 0.25) is 5.91 Å². The lowest BCUT2D eigenvalue weighted by Gasteiger charge is -2.26. The molecule has 2 aliphatic rings. The molecule has 1 amide bonds. The van der Waals surface area contributed by atoms with Gasteiger partial charge < -0.3 is 25.8 Å². The van der Waals surface area contributed by atoms with Crippen LogP contribution in [0.1, 0.15) is 50.5 Å². The third kappa shape index (κ3) is 6.37. The van der Waals surface area contributed by atoms with Crippen LogP contribution < -0.4 is 15.8 Å². The van der Waals surface area contributed by atoms with E-state index in [1.54, 1.807) is 0 Å². The Morgan fingerprint density at radius 3 is 2.83 bits per heavy atom. The second-order valence-electron chi connectivity index (χ2n) is 7.77. The molecule has 4 N–H and O–H groups in total. The van der Waals surface area contributed by atoms with Crippen LogP contribution in [0.2, 0.25) is 0 Å².